The first-order valence-corrected chi connectivity index (χ1v) is 6.57. The van der Waals surface area contributed by atoms with E-state index in [4.69, 9.17) is 21.1 Å². The summed E-state index contributed by atoms with van der Waals surface area (Å²) in [5.74, 6) is -1.28. The number of aliphatic carboxylic acids is 1. The number of carbonyl (C=O) groups excluding carboxylic acids is 1. The Hall–Kier alpha value is -1.49. The summed E-state index contributed by atoms with van der Waals surface area (Å²) >= 11 is 5.59. The first kappa shape index (κ1) is 15.6. The van der Waals surface area contributed by atoms with Crippen molar-refractivity contribution in [1.29, 1.82) is 0 Å². The molecule has 1 heterocycles. The summed E-state index contributed by atoms with van der Waals surface area (Å²) in [5.41, 5.74) is 0. The number of carboxylic acids is 1. The number of halogens is 1. The monoisotopic (exact) mass is 287 g/mol. The van der Waals surface area contributed by atoms with Crippen LogP contribution in [-0.4, -0.2) is 23.0 Å². The Balaban J connectivity index is 2.29. The van der Waals surface area contributed by atoms with Crippen molar-refractivity contribution in [3.8, 4) is 0 Å². The molecule has 0 saturated heterocycles. The van der Waals surface area contributed by atoms with E-state index in [9.17, 15) is 9.59 Å². The van der Waals surface area contributed by atoms with Gasteiger partial charge in [0.15, 0.2) is 11.0 Å². The van der Waals surface area contributed by atoms with Gasteiger partial charge in [0, 0.05) is 6.04 Å². The minimum absolute atomic E-state index is 0.0441. The van der Waals surface area contributed by atoms with E-state index in [0.717, 1.165) is 12.8 Å². The fraction of sp³-hybridized carbons (Fsp3) is 0.538. The van der Waals surface area contributed by atoms with Crippen LogP contribution < -0.4 is 5.32 Å². The zero-order chi connectivity index (χ0) is 14.4. The zero-order valence-electron chi connectivity index (χ0n) is 11.0. The molecule has 5 nitrogen and oxygen atoms in total. The van der Waals surface area contributed by atoms with Gasteiger partial charge in [-0.25, -0.2) is 0 Å². The average molecular weight is 288 g/mol. The van der Waals surface area contributed by atoms with Crippen molar-refractivity contribution in [2.24, 2.45) is 5.92 Å². The molecule has 0 aliphatic heterocycles. The summed E-state index contributed by atoms with van der Waals surface area (Å²) in [6, 6.07) is 2.98. The predicted molar refractivity (Wildman–Crippen MR) is 71.3 cm³/mol. The lowest BCUT2D eigenvalue weighted by atomic mass is 10.0. The third-order valence-electron chi connectivity index (χ3n) is 2.87. The Morgan fingerprint density at radius 1 is 1.37 bits per heavy atom. The predicted octanol–water partition coefficient (Wildman–Crippen LogP) is 2.94. The molecule has 2 unspecified atom stereocenters. The summed E-state index contributed by atoms with van der Waals surface area (Å²) < 4.78 is 5.00. The van der Waals surface area contributed by atoms with Gasteiger partial charge in [0.1, 0.15) is 0 Å². The van der Waals surface area contributed by atoms with E-state index in [1.165, 1.54) is 12.1 Å². The molecule has 1 aromatic heterocycles. The molecule has 1 rings (SSSR count). The smallest absolute Gasteiger partial charge is 0.306 e. The lowest BCUT2D eigenvalue weighted by Gasteiger charge is -2.13. The molecule has 0 fully saturated rings. The molecule has 0 radical (unpaired) electrons. The van der Waals surface area contributed by atoms with E-state index < -0.39 is 5.97 Å². The molecule has 106 valence electrons. The lowest BCUT2D eigenvalue weighted by molar-refractivity contribution is -0.141. The lowest BCUT2D eigenvalue weighted by Crippen LogP contribution is -2.32. The van der Waals surface area contributed by atoms with E-state index in [0.29, 0.717) is 6.42 Å². The molecule has 2 atom stereocenters. The van der Waals surface area contributed by atoms with Crippen LogP contribution in [0.4, 0.5) is 0 Å². The number of carbonyl (C=O) groups is 2. The van der Waals surface area contributed by atoms with Crippen LogP contribution in [0.15, 0.2) is 16.5 Å². The second-order valence-corrected chi connectivity index (χ2v) is 5.02. The molecule has 2 N–H and O–H groups in total. The Kier molecular flexibility index (Phi) is 5.89. The fourth-order valence-corrected chi connectivity index (χ4v) is 1.80. The van der Waals surface area contributed by atoms with Crippen LogP contribution >= 0.6 is 11.6 Å². The van der Waals surface area contributed by atoms with Gasteiger partial charge in [-0.2, -0.15) is 0 Å². The zero-order valence-corrected chi connectivity index (χ0v) is 11.7. The molecule has 19 heavy (non-hydrogen) atoms. The van der Waals surface area contributed by atoms with Crippen molar-refractivity contribution < 1.29 is 19.1 Å². The molecule has 0 bridgehead atoms. The summed E-state index contributed by atoms with van der Waals surface area (Å²) in [5, 5.41) is 11.7. The summed E-state index contributed by atoms with van der Waals surface area (Å²) in [6.45, 7) is 3.55. The van der Waals surface area contributed by atoms with Gasteiger partial charge >= 0.3 is 5.97 Å². The van der Waals surface area contributed by atoms with Crippen molar-refractivity contribution in [2.45, 2.75) is 39.2 Å². The van der Waals surface area contributed by atoms with Crippen molar-refractivity contribution >= 4 is 23.5 Å². The van der Waals surface area contributed by atoms with Crippen LogP contribution in [0.1, 0.15) is 43.7 Å². The third-order valence-corrected chi connectivity index (χ3v) is 3.07. The molecule has 6 heteroatoms. The number of hydrogen-bond donors (Lipinski definition) is 2. The first-order chi connectivity index (χ1) is 8.90. The minimum Gasteiger partial charge on any atom is -0.481 e. The van der Waals surface area contributed by atoms with Gasteiger partial charge in [0.05, 0.1) is 5.92 Å². The van der Waals surface area contributed by atoms with E-state index in [2.05, 4.69) is 5.32 Å². The van der Waals surface area contributed by atoms with Crippen LogP contribution in [0.2, 0.25) is 5.22 Å². The van der Waals surface area contributed by atoms with Gasteiger partial charge < -0.3 is 14.8 Å². The second-order valence-electron chi connectivity index (χ2n) is 4.65. The summed E-state index contributed by atoms with van der Waals surface area (Å²) in [4.78, 5) is 22.4. The van der Waals surface area contributed by atoms with Crippen molar-refractivity contribution in [2.75, 3.05) is 0 Å². The number of carboxylic acid groups (broad SMARTS) is 1. The summed E-state index contributed by atoms with van der Waals surface area (Å²) in [6.07, 6.45) is 2.06. The highest BCUT2D eigenvalue weighted by Crippen LogP contribution is 2.14. The molecule has 0 aromatic carbocycles. The van der Waals surface area contributed by atoms with E-state index in [1.807, 2.05) is 6.92 Å². The largest absolute Gasteiger partial charge is 0.481 e. The fourth-order valence-electron chi connectivity index (χ4n) is 1.66. The van der Waals surface area contributed by atoms with Gasteiger partial charge in [-0.3, -0.25) is 9.59 Å². The third kappa shape index (κ3) is 5.34. The maximum absolute atomic E-state index is 11.7. The van der Waals surface area contributed by atoms with Crippen LogP contribution in [0.5, 0.6) is 0 Å². The molecule has 1 amide bonds. The normalized spacial score (nSPS) is 13.8. The minimum atomic E-state index is -0.790. The van der Waals surface area contributed by atoms with Crippen molar-refractivity contribution in [3.63, 3.8) is 0 Å². The molecular formula is C13H18ClNO4. The van der Waals surface area contributed by atoms with Gasteiger partial charge in [-0.15, -0.1) is 0 Å². The van der Waals surface area contributed by atoms with E-state index in [1.54, 1.807) is 6.92 Å². The van der Waals surface area contributed by atoms with Crippen LogP contribution in [0, 0.1) is 5.92 Å². The van der Waals surface area contributed by atoms with Gasteiger partial charge in [0.2, 0.25) is 0 Å². The number of amides is 1. The number of hydrogen-bond acceptors (Lipinski definition) is 3. The Morgan fingerprint density at radius 2 is 2.05 bits per heavy atom. The molecule has 0 saturated carbocycles. The number of nitrogens with one attached hydrogen (secondary N) is 1. The van der Waals surface area contributed by atoms with Crippen LogP contribution in [0.25, 0.3) is 0 Å². The maximum atomic E-state index is 11.7. The second kappa shape index (κ2) is 7.19. The summed E-state index contributed by atoms with van der Waals surface area (Å²) in [7, 11) is 0. The molecule has 0 aliphatic carbocycles. The van der Waals surface area contributed by atoms with E-state index in [-0.39, 0.29) is 28.8 Å². The van der Waals surface area contributed by atoms with Crippen molar-refractivity contribution in [1.82, 2.24) is 5.32 Å². The Labute approximate surface area is 116 Å². The number of rotatable bonds is 7. The Morgan fingerprint density at radius 3 is 2.58 bits per heavy atom. The van der Waals surface area contributed by atoms with Crippen LogP contribution in [0.3, 0.4) is 0 Å². The van der Waals surface area contributed by atoms with Gasteiger partial charge in [0.25, 0.3) is 5.91 Å². The standard InChI is InChI=1S/C13H18ClNO4/c1-8(13(17)18)4-3-5-9(2)15-12(16)10-6-7-11(14)19-10/h6-9H,3-5H2,1-2H3,(H,15,16)(H,17,18). The van der Waals surface area contributed by atoms with Gasteiger partial charge in [-0.1, -0.05) is 13.3 Å². The molecule has 0 spiro atoms. The van der Waals surface area contributed by atoms with Crippen molar-refractivity contribution in [3.05, 3.63) is 23.1 Å². The molecular weight excluding hydrogens is 270 g/mol. The Bertz CT molecular complexity index is 444. The maximum Gasteiger partial charge on any atom is 0.306 e. The van der Waals surface area contributed by atoms with E-state index >= 15 is 0 Å². The topological polar surface area (TPSA) is 79.5 Å². The molecule has 0 aliphatic rings. The van der Waals surface area contributed by atoms with Gasteiger partial charge in [-0.05, 0) is 43.5 Å². The highest BCUT2D eigenvalue weighted by atomic mass is 35.5. The highest BCUT2D eigenvalue weighted by Gasteiger charge is 2.15. The molecule has 1 aromatic rings. The SMILES string of the molecule is CC(CCCC(C)C(=O)O)NC(=O)c1ccc(Cl)o1. The van der Waals surface area contributed by atoms with Crippen LogP contribution in [-0.2, 0) is 4.79 Å². The first-order valence-electron chi connectivity index (χ1n) is 6.19. The quantitative estimate of drug-likeness (QED) is 0.808. The highest BCUT2D eigenvalue weighted by molar-refractivity contribution is 6.29. The number of furan rings is 1. The average Bonchev–Trinajstić information content (AvgIpc) is 2.75.